The first kappa shape index (κ1) is 21.4. The van der Waals surface area contributed by atoms with Crippen molar-refractivity contribution in [1.82, 2.24) is 5.32 Å². The molecule has 0 atom stereocenters. The summed E-state index contributed by atoms with van der Waals surface area (Å²) >= 11 is 0. The van der Waals surface area contributed by atoms with Gasteiger partial charge in [-0.05, 0) is 44.0 Å². The Labute approximate surface area is 166 Å². The lowest BCUT2D eigenvalue weighted by atomic mass is 10.1. The van der Waals surface area contributed by atoms with Gasteiger partial charge >= 0.3 is 0 Å². The topological polar surface area (TPSA) is 76.7 Å². The third kappa shape index (κ3) is 7.40. The molecule has 0 aliphatic rings. The predicted molar refractivity (Wildman–Crippen MR) is 110 cm³/mol. The summed E-state index contributed by atoms with van der Waals surface area (Å²) in [5, 5.41) is 5.65. The molecule has 0 aliphatic carbocycles. The van der Waals surface area contributed by atoms with Crippen LogP contribution < -0.4 is 15.4 Å². The van der Waals surface area contributed by atoms with Crippen LogP contribution in [0.25, 0.3) is 0 Å². The van der Waals surface area contributed by atoms with Gasteiger partial charge in [-0.15, -0.1) is 0 Å². The van der Waals surface area contributed by atoms with Crippen molar-refractivity contribution >= 4 is 17.5 Å². The Morgan fingerprint density at radius 2 is 1.71 bits per heavy atom. The molecule has 6 heteroatoms. The number of para-hydroxylation sites is 1. The standard InChI is InChI=1S/C22H28N2O4/c1-17-10-12-18(13-11-17)28-16-5-9-21(25)24-20-8-4-3-7-19(20)22(26)23-14-6-15-27-2/h3-4,7-8,10-13H,5-6,9,14-16H2,1-2H3,(H,23,26)(H,24,25). The smallest absolute Gasteiger partial charge is 0.253 e. The normalized spacial score (nSPS) is 10.4. The van der Waals surface area contributed by atoms with Gasteiger partial charge in [-0.3, -0.25) is 9.59 Å². The summed E-state index contributed by atoms with van der Waals surface area (Å²) in [6, 6.07) is 14.8. The molecule has 0 saturated heterocycles. The van der Waals surface area contributed by atoms with Gasteiger partial charge in [-0.25, -0.2) is 0 Å². The minimum absolute atomic E-state index is 0.146. The molecule has 150 valence electrons. The molecule has 0 spiro atoms. The number of carbonyl (C=O) groups excluding carboxylic acids is 2. The van der Waals surface area contributed by atoms with Crippen molar-refractivity contribution in [3.05, 3.63) is 59.7 Å². The number of carbonyl (C=O) groups is 2. The third-order valence-electron chi connectivity index (χ3n) is 4.09. The molecule has 2 aromatic rings. The van der Waals surface area contributed by atoms with E-state index >= 15 is 0 Å². The highest BCUT2D eigenvalue weighted by molar-refractivity contribution is 6.03. The van der Waals surface area contributed by atoms with Gasteiger partial charge in [0.25, 0.3) is 5.91 Å². The fourth-order valence-corrected chi connectivity index (χ4v) is 2.57. The molecule has 0 aromatic heterocycles. The number of benzene rings is 2. The van der Waals surface area contributed by atoms with Crippen molar-refractivity contribution in [2.24, 2.45) is 0 Å². The molecular weight excluding hydrogens is 356 g/mol. The maximum absolute atomic E-state index is 12.3. The first-order valence-corrected chi connectivity index (χ1v) is 9.45. The minimum Gasteiger partial charge on any atom is -0.494 e. The van der Waals surface area contributed by atoms with Crippen molar-refractivity contribution < 1.29 is 19.1 Å². The van der Waals surface area contributed by atoms with Crippen molar-refractivity contribution in [3.8, 4) is 5.75 Å². The lowest BCUT2D eigenvalue weighted by Crippen LogP contribution is -2.26. The third-order valence-corrected chi connectivity index (χ3v) is 4.09. The average molecular weight is 384 g/mol. The van der Waals surface area contributed by atoms with Gasteiger partial charge in [0.1, 0.15) is 5.75 Å². The van der Waals surface area contributed by atoms with Crippen LogP contribution in [0.5, 0.6) is 5.75 Å². The molecule has 0 aliphatic heterocycles. The molecule has 0 saturated carbocycles. The second-order valence-corrected chi connectivity index (χ2v) is 6.46. The Hall–Kier alpha value is -2.86. The van der Waals surface area contributed by atoms with Gasteiger partial charge in [-0.1, -0.05) is 29.8 Å². The van der Waals surface area contributed by atoms with Gasteiger partial charge in [-0.2, -0.15) is 0 Å². The van der Waals surface area contributed by atoms with Crippen LogP contribution in [-0.2, 0) is 9.53 Å². The van der Waals surface area contributed by atoms with E-state index in [9.17, 15) is 9.59 Å². The monoisotopic (exact) mass is 384 g/mol. The SMILES string of the molecule is COCCCNC(=O)c1ccccc1NC(=O)CCCOc1ccc(C)cc1. The highest BCUT2D eigenvalue weighted by Crippen LogP contribution is 2.16. The maximum Gasteiger partial charge on any atom is 0.253 e. The number of hydrogen-bond acceptors (Lipinski definition) is 4. The number of nitrogens with one attached hydrogen (secondary N) is 2. The zero-order valence-corrected chi connectivity index (χ0v) is 16.5. The van der Waals surface area contributed by atoms with Crippen LogP contribution in [0.2, 0.25) is 0 Å². The van der Waals surface area contributed by atoms with E-state index in [1.165, 1.54) is 5.56 Å². The van der Waals surface area contributed by atoms with E-state index in [0.717, 1.165) is 12.2 Å². The predicted octanol–water partition coefficient (Wildman–Crippen LogP) is 3.56. The van der Waals surface area contributed by atoms with Gasteiger partial charge in [0.05, 0.1) is 17.9 Å². The quantitative estimate of drug-likeness (QED) is 0.581. The molecule has 0 unspecified atom stereocenters. The van der Waals surface area contributed by atoms with Crippen LogP contribution in [0.4, 0.5) is 5.69 Å². The summed E-state index contributed by atoms with van der Waals surface area (Å²) < 4.78 is 10.6. The van der Waals surface area contributed by atoms with E-state index in [1.807, 2.05) is 31.2 Å². The lowest BCUT2D eigenvalue weighted by Gasteiger charge is -2.12. The summed E-state index contributed by atoms with van der Waals surface area (Å²) in [5.41, 5.74) is 2.13. The van der Waals surface area contributed by atoms with Crippen molar-refractivity contribution in [2.45, 2.75) is 26.2 Å². The molecule has 2 rings (SSSR count). The van der Waals surface area contributed by atoms with Crippen LogP contribution in [-0.4, -0.2) is 38.7 Å². The Balaban J connectivity index is 1.78. The molecule has 0 heterocycles. The van der Waals surface area contributed by atoms with E-state index in [4.69, 9.17) is 9.47 Å². The lowest BCUT2D eigenvalue weighted by molar-refractivity contribution is -0.116. The highest BCUT2D eigenvalue weighted by Gasteiger charge is 2.12. The van der Waals surface area contributed by atoms with E-state index in [-0.39, 0.29) is 11.8 Å². The van der Waals surface area contributed by atoms with E-state index in [0.29, 0.717) is 43.9 Å². The first-order chi connectivity index (χ1) is 13.6. The van der Waals surface area contributed by atoms with Gasteiger partial charge in [0.2, 0.25) is 5.91 Å². The van der Waals surface area contributed by atoms with Crippen LogP contribution in [0.15, 0.2) is 48.5 Å². The van der Waals surface area contributed by atoms with Crippen LogP contribution in [0, 0.1) is 6.92 Å². The Morgan fingerprint density at radius 3 is 2.46 bits per heavy atom. The molecule has 0 radical (unpaired) electrons. The molecular formula is C22H28N2O4. The summed E-state index contributed by atoms with van der Waals surface area (Å²) in [7, 11) is 1.62. The zero-order valence-electron chi connectivity index (χ0n) is 16.5. The van der Waals surface area contributed by atoms with Crippen molar-refractivity contribution in [2.75, 3.05) is 32.2 Å². The number of rotatable bonds is 11. The molecule has 0 bridgehead atoms. The van der Waals surface area contributed by atoms with E-state index in [1.54, 1.807) is 31.4 Å². The molecule has 2 N–H and O–H groups in total. The Morgan fingerprint density at radius 1 is 0.964 bits per heavy atom. The van der Waals surface area contributed by atoms with Crippen LogP contribution in [0.1, 0.15) is 35.2 Å². The van der Waals surface area contributed by atoms with Crippen LogP contribution in [0.3, 0.4) is 0 Å². The van der Waals surface area contributed by atoms with Crippen molar-refractivity contribution in [1.29, 1.82) is 0 Å². The second-order valence-electron chi connectivity index (χ2n) is 6.46. The second kappa shape index (κ2) is 11.8. The molecule has 2 amide bonds. The number of ether oxygens (including phenoxy) is 2. The highest BCUT2D eigenvalue weighted by atomic mass is 16.5. The number of anilines is 1. The number of hydrogen-bond donors (Lipinski definition) is 2. The van der Waals surface area contributed by atoms with E-state index in [2.05, 4.69) is 10.6 Å². The number of amides is 2. The summed E-state index contributed by atoms with van der Waals surface area (Å²) in [4.78, 5) is 24.6. The van der Waals surface area contributed by atoms with Gasteiger partial charge in [0, 0.05) is 26.7 Å². The maximum atomic E-state index is 12.3. The molecule has 6 nitrogen and oxygen atoms in total. The van der Waals surface area contributed by atoms with Gasteiger partial charge < -0.3 is 20.1 Å². The largest absolute Gasteiger partial charge is 0.494 e. The first-order valence-electron chi connectivity index (χ1n) is 9.45. The van der Waals surface area contributed by atoms with E-state index < -0.39 is 0 Å². The minimum atomic E-state index is -0.213. The molecule has 28 heavy (non-hydrogen) atoms. The van der Waals surface area contributed by atoms with Crippen molar-refractivity contribution in [3.63, 3.8) is 0 Å². The molecule has 0 fully saturated rings. The zero-order chi connectivity index (χ0) is 20.2. The fraction of sp³-hybridized carbons (Fsp3) is 0.364. The average Bonchev–Trinajstić information content (AvgIpc) is 2.70. The number of methoxy groups -OCH3 is 1. The number of aryl methyl sites for hydroxylation is 1. The van der Waals surface area contributed by atoms with Crippen LogP contribution >= 0.6 is 0 Å². The Kier molecular flexibility index (Phi) is 9.01. The summed E-state index contributed by atoms with van der Waals surface area (Å²) in [6.45, 7) is 3.58. The molecule has 2 aromatic carbocycles. The Bertz CT molecular complexity index is 759. The summed E-state index contributed by atoms with van der Waals surface area (Å²) in [6.07, 6.45) is 1.64. The fourth-order valence-electron chi connectivity index (χ4n) is 2.57. The summed E-state index contributed by atoms with van der Waals surface area (Å²) in [5.74, 6) is 0.434. The van der Waals surface area contributed by atoms with Gasteiger partial charge in [0.15, 0.2) is 0 Å².